The second kappa shape index (κ2) is 10.1. The highest BCUT2D eigenvalue weighted by atomic mass is 32.2. The molecule has 0 bridgehead atoms. The molecule has 0 radical (unpaired) electrons. The molecule has 0 saturated carbocycles. The predicted molar refractivity (Wildman–Crippen MR) is 134 cm³/mol. The minimum absolute atomic E-state index is 0.0176. The van der Waals surface area contributed by atoms with Crippen LogP contribution in [0.2, 0.25) is 0 Å². The molecule has 35 heavy (non-hydrogen) atoms. The van der Waals surface area contributed by atoms with Crippen LogP contribution in [-0.4, -0.2) is 24.1 Å². The van der Waals surface area contributed by atoms with E-state index >= 15 is 0 Å². The number of aryl methyl sites for hydroxylation is 1. The predicted octanol–water partition coefficient (Wildman–Crippen LogP) is 4.81. The zero-order chi connectivity index (χ0) is 25.0. The molecule has 2 N–H and O–H groups in total. The van der Waals surface area contributed by atoms with Gasteiger partial charge in [0.1, 0.15) is 0 Å². The zero-order valence-electron chi connectivity index (χ0n) is 18.5. The van der Waals surface area contributed by atoms with Crippen molar-refractivity contribution in [3.05, 3.63) is 111 Å². The van der Waals surface area contributed by atoms with Gasteiger partial charge in [0.05, 0.1) is 20.9 Å². The summed E-state index contributed by atoms with van der Waals surface area (Å²) in [6.45, 7) is 1.90. The van der Waals surface area contributed by atoms with Gasteiger partial charge in [-0.05, 0) is 42.3 Å². The molecule has 0 spiro atoms. The molecule has 1 aromatic heterocycles. The summed E-state index contributed by atoms with van der Waals surface area (Å²) in [6, 6.07) is 19.1. The molecule has 4 rings (SSSR count). The van der Waals surface area contributed by atoms with Gasteiger partial charge in [0.2, 0.25) is 15.8 Å². The van der Waals surface area contributed by atoms with E-state index in [1.54, 1.807) is 30.3 Å². The average molecular weight is 509 g/mol. The van der Waals surface area contributed by atoms with E-state index in [1.165, 1.54) is 29.7 Å². The quantitative estimate of drug-likeness (QED) is 0.188. The summed E-state index contributed by atoms with van der Waals surface area (Å²) in [4.78, 5) is 27.7. The standard InChI is InChI=1S/C24H20N4O5S2/c1-16-5-2-3-8-21(16)23(29)22-15-25-24(34-22)27-18-7-4-6-17(13-18)14-26-35(32,33)20-11-9-19(10-12-20)28(30)31/h2-13,15,26H,14H2,1H3,(H,25,27). The SMILES string of the molecule is Cc1ccccc1C(=O)c1cnc(Nc2cccc(CNS(=O)(=O)c3ccc([N+](=O)[O-])cc3)c2)s1. The maximum Gasteiger partial charge on any atom is 0.269 e. The average Bonchev–Trinajstić information content (AvgIpc) is 3.31. The molecule has 11 heteroatoms. The summed E-state index contributed by atoms with van der Waals surface area (Å²) in [7, 11) is -3.85. The lowest BCUT2D eigenvalue weighted by molar-refractivity contribution is -0.384. The van der Waals surface area contributed by atoms with E-state index in [0.29, 0.717) is 26.8 Å². The van der Waals surface area contributed by atoms with Crippen LogP contribution in [0.15, 0.2) is 83.9 Å². The molecule has 0 fully saturated rings. The van der Waals surface area contributed by atoms with Gasteiger partial charge in [-0.2, -0.15) is 0 Å². The number of nitro groups is 1. The number of nitrogens with zero attached hydrogens (tertiary/aromatic N) is 2. The van der Waals surface area contributed by atoms with E-state index in [4.69, 9.17) is 0 Å². The van der Waals surface area contributed by atoms with Crippen LogP contribution in [0.25, 0.3) is 0 Å². The molecule has 3 aromatic carbocycles. The first kappa shape index (κ1) is 24.2. The van der Waals surface area contributed by atoms with Crippen molar-refractivity contribution in [2.24, 2.45) is 0 Å². The lowest BCUT2D eigenvalue weighted by Crippen LogP contribution is -2.23. The number of hydrogen-bond donors (Lipinski definition) is 2. The van der Waals surface area contributed by atoms with Crippen LogP contribution in [0, 0.1) is 17.0 Å². The van der Waals surface area contributed by atoms with E-state index < -0.39 is 14.9 Å². The van der Waals surface area contributed by atoms with Crippen LogP contribution < -0.4 is 10.0 Å². The Morgan fingerprint density at radius 1 is 1.06 bits per heavy atom. The molecular weight excluding hydrogens is 488 g/mol. The first-order valence-corrected chi connectivity index (χ1v) is 12.7. The molecule has 0 atom stereocenters. The summed E-state index contributed by atoms with van der Waals surface area (Å²) in [5, 5.41) is 14.4. The van der Waals surface area contributed by atoms with Crippen molar-refractivity contribution < 1.29 is 18.1 Å². The largest absolute Gasteiger partial charge is 0.332 e. The van der Waals surface area contributed by atoms with Gasteiger partial charge in [-0.1, -0.05) is 47.7 Å². The van der Waals surface area contributed by atoms with E-state index in [-0.39, 0.29) is 22.9 Å². The van der Waals surface area contributed by atoms with Gasteiger partial charge in [0.25, 0.3) is 5.69 Å². The molecule has 4 aromatic rings. The number of thiazole rings is 1. The number of nitrogens with one attached hydrogen (secondary N) is 2. The Kier molecular flexibility index (Phi) is 7.01. The number of non-ortho nitro benzene ring substituents is 1. The Morgan fingerprint density at radius 3 is 2.51 bits per heavy atom. The van der Waals surface area contributed by atoms with Crippen molar-refractivity contribution in [1.82, 2.24) is 9.71 Å². The van der Waals surface area contributed by atoms with Gasteiger partial charge in [-0.25, -0.2) is 18.1 Å². The number of carbonyl (C=O) groups is 1. The lowest BCUT2D eigenvalue weighted by Gasteiger charge is -2.09. The van der Waals surface area contributed by atoms with Crippen LogP contribution in [-0.2, 0) is 16.6 Å². The van der Waals surface area contributed by atoms with Gasteiger partial charge in [-0.15, -0.1) is 0 Å². The van der Waals surface area contributed by atoms with Crippen molar-refractivity contribution in [1.29, 1.82) is 0 Å². The number of nitro benzene ring substituents is 1. The third-order valence-corrected chi connectivity index (χ3v) is 7.45. The Morgan fingerprint density at radius 2 is 1.80 bits per heavy atom. The number of carbonyl (C=O) groups excluding carboxylic acids is 1. The molecule has 0 aliphatic carbocycles. The zero-order valence-corrected chi connectivity index (χ0v) is 20.1. The molecule has 178 valence electrons. The monoisotopic (exact) mass is 508 g/mol. The molecule has 0 aliphatic rings. The number of aromatic nitrogens is 1. The number of rotatable bonds is 9. The maximum absolute atomic E-state index is 12.8. The molecule has 9 nitrogen and oxygen atoms in total. The summed E-state index contributed by atoms with van der Waals surface area (Å²) >= 11 is 1.23. The van der Waals surface area contributed by atoms with Crippen molar-refractivity contribution in [2.75, 3.05) is 5.32 Å². The normalized spacial score (nSPS) is 11.2. The second-order valence-electron chi connectivity index (χ2n) is 7.57. The van der Waals surface area contributed by atoms with Gasteiger partial charge in [0.15, 0.2) is 5.13 Å². The lowest BCUT2D eigenvalue weighted by atomic mass is 10.0. The van der Waals surface area contributed by atoms with Crippen molar-refractivity contribution in [3.63, 3.8) is 0 Å². The molecule has 0 amide bonds. The van der Waals surface area contributed by atoms with Crippen molar-refractivity contribution >= 4 is 43.6 Å². The molecule has 1 heterocycles. The van der Waals surface area contributed by atoms with E-state index in [0.717, 1.165) is 17.7 Å². The van der Waals surface area contributed by atoms with E-state index in [2.05, 4.69) is 15.0 Å². The fourth-order valence-corrected chi connectivity index (χ4v) is 5.10. The van der Waals surface area contributed by atoms with Crippen LogP contribution >= 0.6 is 11.3 Å². The maximum atomic E-state index is 12.8. The molecule has 0 saturated heterocycles. The van der Waals surface area contributed by atoms with Crippen LogP contribution in [0.4, 0.5) is 16.5 Å². The highest BCUT2D eigenvalue weighted by Crippen LogP contribution is 2.26. The summed E-state index contributed by atoms with van der Waals surface area (Å²) in [6.07, 6.45) is 1.53. The smallest absolute Gasteiger partial charge is 0.269 e. The first-order chi connectivity index (χ1) is 16.7. The minimum atomic E-state index is -3.85. The Labute approximate surface area is 205 Å². The Hall–Kier alpha value is -3.93. The molecule has 0 aliphatic heterocycles. The summed E-state index contributed by atoms with van der Waals surface area (Å²) in [5.74, 6) is -0.0944. The molecule has 0 unspecified atom stereocenters. The summed E-state index contributed by atoms with van der Waals surface area (Å²) in [5.41, 5.74) is 2.71. The van der Waals surface area contributed by atoms with Gasteiger partial charge in [-0.3, -0.25) is 14.9 Å². The van der Waals surface area contributed by atoms with Gasteiger partial charge >= 0.3 is 0 Å². The fourth-order valence-electron chi connectivity index (χ4n) is 3.29. The Balaban J connectivity index is 1.42. The van der Waals surface area contributed by atoms with Crippen molar-refractivity contribution in [3.8, 4) is 0 Å². The van der Waals surface area contributed by atoms with E-state index in [1.807, 2.05) is 25.1 Å². The first-order valence-electron chi connectivity index (χ1n) is 10.4. The van der Waals surface area contributed by atoms with Crippen molar-refractivity contribution in [2.45, 2.75) is 18.4 Å². The second-order valence-corrected chi connectivity index (χ2v) is 10.4. The van der Waals surface area contributed by atoms with Crippen LogP contribution in [0.1, 0.15) is 26.4 Å². The number of anilines is 2. The van der Waals surface area contributed by atoms with Gasteiger partial charge < -0.3 is 5.32 Å². The highest BCUT2D eigenvalue weighted by Gasteiger charge is 2.17. The fraction of sp³-hybridized carbons (Fsp3) is 0.0833. The minimum Gasteiger partial charge on any atom is -0.332 e. The highest BCUT2D eigenvalue weighted by molar-refractivity contribution is 7.89. The molecular formula is C24H20N4O5S2. The van der Waals surface area contributed by atoms with Gasteiger partial charge in [0, 0.05) is 29.9 Å². The third-order valence-electron chi connectivity index (χ3n) is 5.12. The number of sulfonamides is 1. The summed E-state index contributed by atoms with van der Waals surface area (Å²) < 4.78 is 27.6. The van der Waals surface area contributed by atoms with Crippen LogP contribution in [0.5, 0.6) is 0 Å². The number of hydrogen-bond acceptors (Lipinski definition) is 8. The Bertz CT molecular complexity index is 1500. The third kappa shape index (κ3) is 5.77. The van der Waals surface area contributed by atoms with E-state index in [9.17, 15) is 23.3 Å². The number of benzene rings is 3. The van der Waals surface area contributed by atoms with Crippen LogP contribution in [0.3, 0.4) is 0 Å². The topological polar surface area (TPSA) is 131 Å². The number of ketones is 1.